The minimum absolute atomic E-state index is 0.605. The van der Waals surface area contributed by atoms with E-state index in [0.29, 0.717) is 11.3 Å². The molecule has 5 heteroatoms. The largest absolute Gasteiger partial charge is 0.349 e. The van der Waals surface area contributed by atoms with Crippen LogP contribution in [0.3, 0.4) is 0 Å². The predicted molar refractivity (Wildman–Crippen MR) is 89.7 cm³/mol. The summed E-state index contributed by atoms with van der Waals surface area (Å²) in [5, 5.41) is 3.51. The summed E-state index contributed by atoms with van der Waals surface area (Å²) >= 11 is 0. The molecule has 1 aliphatic heterocycles. The fourth-order valence-electron chi connectivity index (χ4n) is 3.76. The van der Waals surface area contributed by atoms with Gasteiger partial charge in [0.25, 0.3) is 0 Å². The van der Waals surface area contributed by atoms with E-state index < -0.39 is 0 Å². The third kappa shape index (κ3) is 3.13. The highest BCUT2D eigenvalue weighted by atomic mass is 15.3. The van der Waals surface area contributed by atoms with Gasteiger partial charge < -0.3 is 14.8 Å². The summed E-state index contributed by atoms with van der Waals surface area (Å²) in [7, 11) is 1.88. The van der Waals surface area contributed by atoms with E-state index in [-0.39, 0.29) is 0 Å². The van der Waals surface area contributed by atoms with Crippen LogP contribution in [0.4, 0.5) is 0 Å². The normalized spacial score (nSPS) is 20.7. The van der Waals surface area contributed by atoms with Crippen molar-refractivity contribution in [2.75, 3.05) is 20.1 Å². The number of guanidine groups is 1. The number of hydrogen-bond acceptors (Lipinski definition) is 2. The third-order valence-electron chi connectivity index (χ3n) is 5.13. The van der Waals surface area contributed by atoms with Gasteiger partial charge in [0.05, 0.1) is 6.54 Å². The molecule has 2 aliphatic rings. The summed E-state index contributed by atoms with van der Waals surface area (Å²) in [6.07, 6.45) is 9.50. The van der Waals surface area contributed by atoms with Gasteiger partial charge >= 0.3 is 0 Å². The van der Waals surface area contributed by atoms with Crippen molar-refractivity contribution in [2.45, 2.75) is 52.6 Å². The molecule has 1 aromatic rings. The van der Waals surface area contributed by atoms with Crippen LogP contribution < -0.4 is 5.32 Å². The number of nitrogens with one attached hydrogen (secondary N) is 1. The van der Waals surface area contributed by atoms with Crippen molar-refractivity contribution in [3.05, 3.63) is 18.2 Å². The van der Waals surface area contributed by atoms with Crippen LogP contribution in [-0.2, 0) is 13.1 Å². The molecule has 3 rings (SSSR count). The second-order valence-corrected chi connectivity index (χ2v) is 7.32. The van der Waals surface area contributed by atoms with Crippen molar-refractivity contribution in [3.63, 3.8) is 0 Å². The Morgan fingerprint density at radius 2 is 2.23 bits per heavy atom. The van der Waals surface area contributed by atoms with Crippen LogP contribution in [0.5, 0.6) is 0 Å². The third-order valence-corrected chi connectivity index (χ3v) is 5.13. The van der Waals surface area contributed by atoms with Gasteiger partial charge in [-0.05, 0) is 30.6 Å². The average Bonchev–Trinajstić information content (AvgIpc) is 3.06. The van der Waals surface area contributed by atoms with Crippen LogP contribution in [0, 0.1) is 11.3 Å². The van der Waals surface area contributed by atoms with Crippen LogP contribution >= 0.6 is 0 Å². The summed E-state index contributed by atoms with van der Waals surface area (Å²) in [5.74, 6) is 2.75. The summed E-state index contributed by atoms with van der Waals surface area (Å²) in [4.78, 5) is 11.4. The minimum Gasteiger partial charge on any atom is -0.349 e. The minimum atomic E-state index is 0.605. The lowest BCUT2D eigenvalue weighted by atomic mass is 9.68. The molecule has 122 valence electrons. The molecule has 2 fully saturated rings. The van der Waals surface area contributed by atoms with Crippen LogP contribution in [-0.4, -0.2) is 40.5 Å². The maximum absolute atomic E-state index is 4.49. The van der Waals surface area contributed by atoms with Gasteiger partial charge in [-0.15, -0.1) is 0 Å². The SMILES string of the molecule is CN=C(NCc1nccn1CC(C)C)N1CCC2(CCC2)C1. The summed E-state index contributed by atoms with van der Waals surface area (Å²) < 4.78 is 2.24. The zero-order valence-electron chi connectivity index (χ0n) is 14.2. The maximum atomic E-state index is 4.49. The van der Waals surface area contributed by atoms with Gasteiger partial charge in [0, 0.05) is 39.1 Å². The molecule has 1 spiro atoms. The van der Waals surface area contributed by atoms with Gasteiger partial charge in [0.1, 0.15) is 5.82 Å². The Hall–Kier alpha value is -1.52. The lowest BCUT2D eigenvalue weighted by molar-refractivity contribution is 0.151. The van der Waals surface area contributed by atoms with E-state index in [9.17, 15) is 0 Å². The van der Waals surface area contributed by atoms with E-state index in [1.165, 1.54) is 32.2 Å². The molecule has 1 aliphatic carbocycles. The summed E-state index contributed by atoms with van der Waals surface area (Å²) in [6, 6.07) is 0. The molecule has 0 amide bonds. The Morgan fingerprint density at radius 3 is 2.82 bits per heavy atom. The second kappa shape index (κ2) is 6.31. The van der Waals surface area contributed by atoms with E-state index in [2.05, 4.69) is 44.8 Å². The van der Waals surface area contributed by atoms with E-state index in [4.69, 9.17) is 0 Å². The zero-order valence-corrected chi connectivity index (χ0v) is 14.2. The van der Waals surface area contributed by atoms with Crippen LogP contribution in [0.2, 0.25) is 0 Å². The van der Waals surface area contributed by atoms with E-state index in [1.807, 2.05) is 13.2 Å². The predicted octanol–water partition coefficient (Wildman–Crippen LogP) is 2.49. The molecule has 1 N–H and O–H groups in total. The second-order valence-electron chi connectivity index (χ2n) is 7.32. The first-order valence-corrected chi connectivity index (χ1v) is 8.57. The number of imidazole rings is 1. The first kappa shape index (κ1) is 15.4. The highest BCUT2D eigenvalue weighted by Gasteiger charge is 2.43. The summed E-state index contributed by atoms with van der Waals surface area (Å²) in [5.41, 5.74) is 0.605. The Balaban J connectivity index is 1.57. The number of aliphatic imine (C=N–C) groups is 1. The fourth-order valence-corrected chi connectivity index (χ4v) is 3.76. The van der Waals surface area contributed by atoms with E-state index in [0.717, 1.165) is 31.4 Å². The summed E-state index contributed by atoms with van der Waals surface area (Å²) in [6.45, 7) is 8.54. The van der Waals surface area contributed by atoms with Gasteiger partial charge in [-0.2, -0.15) is 0 Å². The first-order valence-electron chi connectivity index (χ1n) is 8.57. The Bertz CT molecular complexity index is 527. The molecule has 2 heterocycles. The molecule has 0 radical (unpaired) electrons. The fraction of sp³-hybridized carbons (Fsp3) is 0.765. The van der Waals surface area contributed by atoms with Crippen molar-refractivity contribution in [1.29, 1.82) is 0 Å². The molecule has 0 unspecified atom stereocenters. The Labute approximate surface area is 133 Å². The number of likely N-dealkylation sites (tertiary alicyclic amines) is 1. The van der Waals surface area contributed by atoms with Crippen LogP contribution in [0.1, 0.15) is 45.4 Å². The molecule has 1 saturated carbocycles. The molecule has 0 atom stereocenters. The quantitative estimate of drug-likeness (QED) is 0.686. The van der Waals surface area contributed by atoms with Gasteiger partial charge in [-0.3, -0.25) is 4.99 Å². The highest BCUT2D eigenvalue weighted by molar-refractivity contribution is 5.80. The van der Waals surface area contributed by atoms with Crippen molar-refractivity contribution in [3.8, 4) is 0 Å². The van der Waals surface area contributed by atoms with Crippen molar-refractivity contribution in [2.24, 2.45) is 16.3 Å². The van der Waals surface area contributed by atoms with Crippen molar-refractivity contribution < 1.29 is 0 Å². The molecular weight excluding hydrogens is 274 g/mol. The molecule has 0 aromatic carbocycles. The Morgan fingerprint density at radius 1 is 1.41 bits per heavy atom. The topological polar surface area (TPSA) is 45.5 Å². The number of aromatic nitrogens is 2. The van der Waals surface area contributed by atoms with Crippen LogP contribution in [0.25, 0.3) is 0 Å². The van der Waals surface area contributed by atoms with E-state index in [1.54, 1.807) is 0 Å². The number of rotatable bonds is 4. The van der Waals surface area contributed by atoms with Crippen molar-refractivity contribution >= 4 is 5.96 Å². The smallest absolute Gasteiger partial charge is 0.194 e. The lowest BCUT2D eigenvalue weighted by Gasteiger charge is -2.38. The lowest BCUT2D eigenvalue weighted by Crippen LogP contribution is -2.42. The first-order chi connectivity index (χ1) is 10.6. The van der Waals surface area contributed by atoms with Gasteiger partial charge in [-0.25, -0.2) is 4.98 Å². The molecular formula is C17H29N5. The molecule has 0 bridgehead atoms. The van der Waals surface area contributed by atoms with Gasteiger partial charge in [0.2, 0.25) is 0 Å². The average molecular weight is 303 g/mol. The van der Waals surface area contributed by atoms with Crippen LogP contribution in [0.15, 0.2) is 17.4 Å². The van der Waals surface area contributed by atoms with Gasteiger partial charge in [-0.1, -0.05) is 20.3 Å². The maximum Gasteiger partial charge on any atom is 0.194 e. The molecule has 1 aromatic heterocycles. The standard InChI is InChI=1S/C17H29N5/c1-14(2)12-21-10-8-19-15(21)11-20-16(18-3)22-9-7-17(13-22)5-4-6-17/h8,10,14H,4-7,9,11-13H2,1-3H3,(H,18,20). The molecule has 1 saturated heterocycles. The number of nitrogens with zero attached hydrogens (tertiary/aromatic N) is 4. The van der Waals surface area contributed by atoms with Gasteiger partial charge in [0.15, 0.2) is 5.96 Å². The zero-order chi connectivity index (χ0) is 15.6. The molecule has 22 heavy (non-hydrogen) atoms. The molecule has 5 nitrogen and oxygen atoms in total. The van der Waals surface area contributed by atoms with E-state index >= 15 is 0 Å². The highest BCUT2D eigenvalue weighted by Crippen LogP contribution is 2.47. The van der Waals surface area contributed by atoms with Crippen molar-refractivity contribution in [1.82, 2.24) is 19.8 Å². The number of hydrogen-bond donors (Lipinski definition) is 1. The Kier molecular flexibility index (Phi) is 4.41. The monoisotopic (exact) mass is 303 g/mol.